The fraction of sp³-hybridized carbons (Fsp3) is 0.0714. The number of methoxy groups -OCH3 is 1. The summed E-state index contributed by atoms with van der Waals surface area (Å²) in [5, 5.41) is 0. The van der Waals surface area contributed by atoms with Crippen LogP contribution < -0.4 is 20.9 Å². The van der Waals surface area contributed by atoms with Gasteiger partial charge in [-0.05, 0) is 52.3 Å². The van der Waals surface area contributed by atoms with E-state index in [-0.39, 0.29) is 5.56 Å². The van der Waals surface area contributed by atoms with Crippen LogP contribution in [-0.2, 0) is 0 Å². The Morgan fingerprint density at radius 3 is 2.45 bits per heavy atom. The molecule has 104 valence electrons. The molecule has 0 aromatic heterocycles. The van der Waals surface area contributed by atoms with Crippen molar-refractivity contribution < 1.29 is 14.3 Å². The average Bonchev–Trinajstić information content (AvgIpc) is 2.42. The summed E-state index contributed by atoms with van der Waals surface area (Å²) in [6, 6.07) is 10.1. The van der Waals surface area contributed by atoms with Gasteiger partial charge in [-0.15, -0.1) is 0 Å². The maximum absolute atomic E-state index is 11.2. The van der Waals surface area contributed by atoms with E-state index in [1.165, 1.54) is 6.07 Å². The lowest BCUT2D eigenvalue weighted by atomic mass is 10.1. The Balaban J connectivity index is 2.30. The highest BCUT2D eigenvalue weighted by molar-refractivity contribution is 9.10. The van der Waals surface area contributed by atoms with Crippen molar-refractivity contribution >= 4 is 27.5 Å². The minimum atomic E-state index is -0.596. The molecule has 1 amide bonds. The molecule has 0 atom stereocenters. The number of hydrogen-bond acceptors (Lipinski definition) is 4. The molecule has 0 aliphatic heterocycles. The molecule has 6 heteroatoms. The Bertz CT molecular complexity index is 659. The van der Waals surface area contributed by atoms with Gasteiger partial charge in [0, 0.05) is 5.69 Å². The van der Waals surface area contributed by atoms with Gasteiger partial charge < -0.3 is 20.9 Å². The molecule has 0 radical (unpaired) electrons. The number of rotatable bonds is 4. The molecule has 0 fully saturated rings. The Morgan fingerprint density at radius 2 is 1.85 bits per heavy atom. The maximum atomic E-state index is 11.2. The van der Waals surface area contributed by atoms with Crippen LogP contribution >= 0.6 is 15.9 Å². The van der Waals surface area contributed by atoms with Crippen molar-refractivity contribution in [2.45, 2.75) is 0 Å². The second-order valence-electron chi connectivity index (χ2n) is 4.01. The van der Waals surface area contributed by atoms with Gasteiger partial charge in [-0.3, -0.25) is 4.79 Å². The summed E-state index contributed by atoms with van der Waals surface area (Å²) < 4.78 is 11.5. The van der Waals surface area contributed by atoms with E-state index in [4.69, 9.17) is 20.9 Å². The first-order valence-electron chi connectivity index (χ1n) is 5.72. The van der Waals surface area contributed by atoms with Gasteiger partial charge in [-0.2, -0.15) is 0 Å². The first-order valence-corrected chi connectivity index (χ1v) is 6.51. The van der Waals surface area contributed by atoms with Crippen LogP contribution in [-0.4, -0.2) is 13.0 Å². The second kappa shape index (κ2) is 5.83. The maximum Gasteiger partial charge on any atom is 0.250 e. The molecule has 2 aromatic carbocycles. The number of amides is 1. The van der Waals surface area contributed by atoms with Crippen molar-refractivity contribution in [1.29, 1.82) is 0 Å². The van der Waals surface area contributed by atoms with Crippen LogP contribution in [0.2, 0.25) is 0 Å². The van der Waals surface area contributed by atoms with Gasteiger partial charge in [0.1, 0.15) is 17.2 Å². The third-order valence-electron chi connectivity index (χ3n) is 2.66. The summed E-state index contributed by atoms with van der Waals surface area (Å²) in [5.41, 5.74) is 11.5. The van der Waals surface area contributed by atoms with Crippen LogP contribution in [0.4, 0.5) is 5.69 Å². The van der Waals surface area contributed by atoms with Crippen LogP contribution in [0.1, 0.15) is 10.4 Å². The highest BCUT2D eigenvalue weighted by Crippen LogP contribution is 2.33. The summed E-state index contributed by atoms with van der Waals surface area (Å²) in [5.74, 6) is 1.17. The Hall–Kier alpha value is -2.21. The van der Waals surface area contributed by atoms with E-state index >= 15 is 0 Å². The lowest BCUT2D eigenvalue weighted by Crippen LogP contribution is -2.13. The fourth-order valence-electron chi connectivity index (χ4n) is 1.63. The Labute approximate surface area is 124 Å². The van der Waals surface area contributed by atoms with Crippen molar-refractivity contribution in [3.05, 3.63) is 46.4 Å². The average molecular weight is 337 g/mol. The number of anilines is 1. The normalized spacial score (nSPS) is 10.1. The van der Waals surface area contributed by atoms with Crippen molar-refractivity contribution in [3.63, 3.8) is 0 Å². The molecular formula is C14H13BrN2O3. The lowest BCUT2D eigenvalue weighted by molar-refractivity contribution is 0.100. The van der Waals surface area contributed by atoms with Gasteiger partial charge >= 0.3 is 0 Å². The predicted octanol–water partition coefficient (Wildman–Crippen LogP) is 2.93. The monoisotopic (exact) mass is 336 g/mol. The van der Waals surface area contributed by atoms with E-state index in [1.807, 2.05) is 0 Å². The third-order valence-corrected chi connectivity index (χ3v) is 3.28. The SMILES string of the molecule is COc1ccc(Oc2ccc(N)c(C(N)=O)c2)c(Br)c1. The quantitative estimate of drug-likeness (QED) is 0.840. The molecule has 0 spiro atoms. The van der Waals surface area contributed by atoms with Crippen LogP contribution in [0.5, 0.6) is 17.2 Å². The molecule has 0 aliphatic rings. The number of ether oxygens (including phenoxy) is 2. The topological polar surface area (TPSA) is 87.6 Å². The molecule has 0 aliphatic carbocycles. The van der Waals surface area contributed by atoms with Gasteiger partial charge in [0.05, 0.1) is 17.1 Å². The highest BCUT2D eigenvalue weighted by atomic mass is 79.9. The first-order chi connectivity index (χ1) is 9.51. The number of nitrogens with two attached hydrogens (primary N) is 2. The van der Waals surface area contributed by atoms with Gasteiger partial charge in [-0.25, -0.2) is 0 Å². The van der Waals surface area contributed by atoms with E-state index in [1.54, 1.807) is 37.4 Å². The van der Waals surface area contributed by atoms with E-state index in [2.05, 4.69) is 15.9 Å². The van der Waals surface area contributed by atoms with Crippen LogP contribution in [0.3, 0.4) is 0 Å². The number of nitrogen functional groups attached to an aromatic ring is 1. The third kappa shape index (κ3) is 3.03. The number of benzene rings is 2. The second-order valence-corrected chi connectivity index (χ2v) is 4.87. The first kappa shape index (κ1) is 14.2. The van der Waals surface area contributed by atoms with Gasteiger partial charge in [0.2, 0.25) is 0 Å². The standard InChI is InChI=1S/C14H13BrN2O3/c1-19-8-3-5-13(11(15)7-8)20-9-2-4-12(16)10(6-9)14(17)18/h2-7H,16H2,1H3,(H2,17,18). The summed E-state index contributed by atoms with van der Waals surface area (Å²) in [4.78, 5) is 11.2. The zero-order chi connectivity index (χ0) is 14.7. The number of carbonyl (C=O) groups excluding carboxylic acids is 1. The predicted molar refractivity (Wildman–Crippen MR) is 80.1 cm³/mol. The van der Waals surface area contributed by atoms with Crippen LogP contribution in [0.25, 0.3) is 0 Å². The Kier molecular flexibility index (Phi) is 4.14. The zero-order valence-electron chi connectivity index (χ0n) is 10.7. The smallest absolute Gasteiger partial charge is 0.250 e. The molecular weight excluding hydrogens is 324 g/mol. The summed E-state index contributed by atoms with van der Waals surface area (Å²) in [7, 11) is 1.58. The molecule has 4 N–H and O–H groups in total. The molecule has 2 rings (SSSR count). The van der Waals surface area contributed by atoms with E-state index in [0.29, 0.717) is 22.9 Å². The van der Waals surface area contributed by atoms with Crippen molar-refractivity contribution in [2.75, 3.05) is 12.8 Å². The molecule has 20 heavy (non-hydrogen) atoms. The largest absolute Gasteiger partial charge is 0.497 e. The van der Waals surface area contributed by atoms with Crippen molar-refractivity contribution in [3.8, 4) is 17.2 Å². The number of hydrogen-bond donors (Lipinski definition) is 2. The lowest BCUT2D eigenvalue weighted by Gasteiger charge is -2.10. The van der Waals surface area contributed by atoms with Crippen LogP contribution in [0.15, 0.2) is 40.9 Å². The van der Waals surface area contributed by atoms with Crippen molar-refractivity contribution in [2.24, 2.45) is 5.73 Å². The highest BCUT2D eigenvalue weighted by Gasteiger charge is 2.09. The Morgan fingerprint density at radius 1 is 1.15 bits per heavy atom. The van der Waals surface area contributed by atoms with E-state index < -0.39 is 5.91 Å². The van der Waals surface area contributed by atoms with E-state index in [9.17, 15) is 4.79 Å². The fourth-order valence-corrected chi connectivity index (χ4v) is 2.07. The minimum Gasteiger partial charge on any atom is -0.497 e. The summed E-state index contributed by atoms with van der Waals surface area (Å²) in [6.07, 6.45) is 0. The van der Waals surface area contributed by atoms with Crippen LogP contribution in [0, 0.1) is 0 Å². The molecule has 2 aromatic rings. The molecule has 0 bridgehead atoms. The number of primary amides is 1. The molecule has 5 nitrogen and oxygen atoms in total. The molecule has 0 saturated carbocycles. The van der Waals surface area contributed by atoms with Crippen molar-refractivity contribution in [1.82, 2.24) is 0 Å². The molecule has 0 saturated heterocycles. The minimum absolute atomic E-state index is 0.229. The summed E-state index contributed by atoms with van der Waals surface area (Å²) >= 11 is 3.39. The summed E-state index contributed by atoms with van der Waals surface area (Å²) in [6.45, 7) is 0. The molecule has 0 unspecified atom stereocenters. The number of halogens is 1. The van der Waals surface area contributed by atoms with E-state index in [0.717, 1.165) is 4.47 Å². The molecule has 0 heterocycles. The number of carbonyl (C=O) groups is 1. The zero-order valence-corrected chi connectivity index (χ0v) is 12.3. The van der Waals surface area contributed by atoms with Gasteiger partial charge in [0.25, 0.3) is 5.91 Å². The van der Waals surface area contributed by atoms with Gasteiger partial charge in [0.15, 0.2) is 0 Å². The van der Waals surface area contributed by atoms with Gasteiger partial charge in [-0.1, -0.05) is 0 Å².